The van der Waals surface area contributed by atoms with E-state index in [1.807, 2.05) is 24.3 Å². The van der Waals surface area contributed by atoms with Crippen LogP contribution in [0.4, 0.5) is 0 Å². The van der Waals surface area contributed by atoms with Gasteiger partial charge in [-0.05, 0) is 35.1 Å². The Hall–Kier alpha value is -1.50. The molecule has 0 spiro atoms. The fourth-order valence-electron chi connectivity index (χ4n) is 5.90. The number of hydrogen-bond donors (Lipinski definition) is 0. The lowest BCUT2D eigenvalue weighted by atomic mass is 9.54. The minimum absolute atomic E-state index is 0.0528. The third-order valence-corrected chi connectivity index (χ3v) is 9.78. The van der Waals surface area contributed by atoms with Crippen molar-refractivity contribution in [1.82, 2.24) is 4.90 Å². The summed E-state index contributed by atoms with van der Waals surface area (Å²) in [6.45, 7) is 1.05. The van der Waals surface area contributed by atoms with Crippen molar-refractivity contribution < 1.29 is 14.3 Å². The molecule has 2 fully saturated rings. The van der Waals surface area contributed by atoms with Crippen LogP contribution >= 0.6 is 31.9 Å². The molecule has 0 unspecified atom stereocenters. The van der Waals surface area contributed by atoms with Crippen molar-refractivity contribution in [2.45, 2.75) is 27.6 Å². The number of amides is 2. The summed E-state index contributed by atoms with van der Waals surface area (Å²) in [4.78, 5) is 28.9. The van der Waals surface area contributed by atoms with Crippen molar-refractivity contribution in [2.75, 3.05) is 13.2 Å². The van der Waals surface area contributed by atoms with E-state index in [-0.39, 0.29) is 17.9 Å². The van der Waals surface area contributed by atoms with Crippen molar-refractivity contribution in [2.24, 2.45) is 11.8 Å². The lowest BCUT2D eigenvalue weighted by Gasteiger charge is -2.55. The van der Waals surface area contributed by atoms with Gasteiger partial charge in [0, 0.05) is 6.61 Å². The maximum Gasteiger partial charge on any atom is 0.235 e. The van der Waals surface area contributed by atoms with Crippen LogP contribution in [0.2, 0.25) is 0 Å². The largest absolute Gasteiger partial charge is 0.376 e. The van der Waals surface area contributed by atoms with Gasteiger partial charge >= 0.3 is 0 Å². The summed E-state index contributed by atoms with van der Waals surface area (Å²) in [6, 6.07) is 16.3. The lowest BCUT2D eigenvalue weighted by molar-refractivity contribution is -0.141. The Bertz CT molecular complexity index is 940. The number of halogens is 2. The topological polar surface area (TPSA) is 46.6 Å². The molecule has 2 aromatic carbocycles. The maximum absolute atomic E-state index is 13.7. The number of rotatable bonds is 2. The number of carbonyl (C=O) groups is 2. The van der Waals surface area contributed by atoms with Crippen LogP contribution in [0.5, 0.6) is 0 Å². The molecule has 2 aliphatic heterocycles. The van der Waals surface area contributed by atoms with Gasteiger partial charge < -0.3 is 4.74 Å². The van der Waals surface area contributed by atoms with Crippen LogP contribution in [-0.4, -0.2) is 36.0 Å². The van der Waals surface area contributed by atoms with E-state index >= 15 is 0 Å². The van der Waals surface area contributed by atoms with E-state index < -0.39 is 20.5 Å². The average Bonchev–Trinajstić information content (AvgIpc) is 3.34. The molecule has 0 radical (unpaired) electrons. The molecule has 2 saturated heterocycles. The van der Waals surface area contributed by atoms with E-state index in [0.29, 0.717) is 13.2 Å². The van der Waals surface area contributed by atoms with Crippen LogP contribution in [0.15, 0.2) is 48.5 Å². The van der Waals surface area contributed by atoms with Crippen molar-refractivity contribution >= 4 is 43.7 Å². The van der Waals surface area contributed by atoms with E-state index in [2.05, 4.69) is 56.1 Å². The zero-order chi connectivity index (χ0) is 20.0. The van der Waals surface area contributed by atoms with Gasteiger partial charge in [-0.3, -0.25) is 14.5 Å². The molecule has 4 nitrogen and oxygen atoms in total. The van der Waals surface area contributed by atoms with Gasteiger partial charge in [0.25, 0.3) is 0 Å². The van der Waals surface area contributed by atoms with E-state index in [0.717, 1.165) is 35.1 Å². The molecule has 148 valence electrons. The fourth-order valence-corrected chi connectivity index (χ4v) is 8.20. The van der Waals surface area contributed by atoms with E-state index in [9.17, 15) is 9.59 Å². The molecule has 2 amide bonds. The minimum atomic E-state index is -0.710. The third kappa shape index (κ3) is 2.08. The molecular weight excluding hydrogens is 498 g/mol. The Kier molecular flexibility index (Phi) is 3.80. The van der Waals surface area contributed by atoms with Crippen molar-refractivity contribution in [3.05, 3.63) is 70.8 Å². The van der Waals surface area contributed by atoms with Gasteiger partial charge in [0.1, 0.15) is 0 Å². The van der Waals surface area contributed by atoms with E-state index in [4.69, 9.17) is 4.74 Å². The number of nitrogens with zero attached hydrogens (tertiary/aromatic N) is 1. The first-order valence-electron chi connectivity index (χ1n) is 10.0. The predicted octanol–water partition coefficient (Wildman–Crippen LogP) is 4.07. The number of benzene rings is 2. The summed E-state index contributed by atoms with van der Waals surface area (Å²) >= 11 is 8.04. The van der Waals surface area contributed by atoms with E-state index in [1.54, 1.807) is 0 Å². The van der Waals surface area contributed by atoms with Crippen LogP contribution in [0.25, 0.3) is 0 Å². The van der Waals surface area contributed by atoms with Gasteiger partial charge in [-0.15, -0.1) is 0 Å². The molecule has 0 saturated carbocycles. The molecule has 3 aliphatic carbocycles. The van der Waals surface area contributed by atoms with E-state index in [1.165, 1.54) is 4.90 Å². The molecule has 2 aromatic rings. The number of likely N-dealkylation sites (tertiary alicyclic amines) is 1. The Balaban J connectivity index is 1.58. The quantitative estimate of drug-likeness (QED) is 0.446. The maximum atomic E-state index is 13.7. The Labute approximate surface area is 185 Å². The van der Waals surface area contributed by atoms with Gasteiger partial charge in [-0.1, -0.05) is 80.4 Å². The molecular formula is C23H19Br2NO3. The van der Waals surface area contributed by atoms with Gasteiger partial charge in [0.2, 0.25) is 11.8 Å². The highest BCUT2D eigenvalue weighted by Crippen LogP contribution is 2.70. The molecule has 7 rings (SSSR count). The molecule has 29 heavy (non-hydrogen) atoms. The van der Waals surface area contributed by atoms with Crippen LogP contribution < -0.4 is 0 Å². The van der Waals surface area contributed by atoms with Crippen LogP contribution in [0.3, 0.4) is 0 Å². The minimum Gasteiger partial charge on any atom is -0.376 e. The van der Waals surface area contributed by atoms with Crippen LogP contribution in [0, 0.1) is 11.8 Å². The second-order valence-corrected chi connectivity index (χ2v) is 10.9. The molecule has 0 N–H and O–H groups in total. The first-order chi connectivity index (χ1) is 14.0. The van der Waals surface area contributed by atoms with Crippen LogP contribution in [-0.2, 0) is 23.0 Å². The third-order valence-electron chi connectivity index (χ3n) is 7.09. The highest BCUT2D eigenvalue weighted by molar-refractivity contribution is 9.10. The number of ether oxygens (including phenoxy) is 1. The highest BCUT2D eigenvalue weighted by atomic mass is 79.9. The van der Waals surface area contributed by atoms with Gasteiger partial charge in [-0.25, -0.2) is 0 Å². The summed E-state index contributed by atoms with van der Waals surface area (Å²) in [5.74, 6) is -1.17. The number of imide groups is 1. The SMILES string of the molecule is O=C1[C@@H]2[C@@H](C(=O)N1C[C@@H]1CCCO1)C1(Br)c3ccccc3C2(Br)c2ccccc21. The normalized spacial score (nSPS) is 36.9. The molecule has 3 atom stereocenters. The number of alkyl halides is 2. The molecule has 6 heteroatoms. The zero-order valence-corrected chi connectivity index (χ0v) is 18.8. The Morgan fingerprint density at radius 2 is 1.31 bits per heavy atom. The van der Waals surface area contributed by atoms with Crippen molar-refractivity contribution in [3.63, 3.8) is 0 Å². The molecule has 5 aliphatic rings. The Morgan fingerprint density at radius 3 is 1.69 bits per heavy atom. The number of hydrogen-bond acceptors (Lipinski definition) is 3. The summed E-state index contributed by atoms with van der Waals surface area (Å²) in [5.41, 5.74) is 4.27. The second-order valence-electron chi connectivity index (χ2n) is 8.39. The molecule has 0 aromatic heterocycles. The lowest BCUT2D eigenvalue weighted by Crippen LogP contribution is -2.56. The summed E-state index contributed by atoms with van der Waals surface area (Å²) in [7, 11) is 0. The van der Waals surface area contributed by atoms with Gasteiger partial charge in [0.15, 0.2) is 0 Å². The zero-order valence-electron chi connectivity index (χ0n) is 15.6. The van der Waals surface area contributed by atoms with Gasteiger partial charge in [0.05, 0.1) is 33.1 Å². The summed E-state index contributed by atoms with van der Waals surface area (Å²) in [6.07, 6.45) is 1.82. The van der Waals surface area contributed by atoms with Crippen LogP contribution in [0.1, 0.15) is 35.1 Å². The number of carbonyl (C=O) groups excluding carboxylic acids is 2. The first kappa shape index (κ1) is 18.3. The van der Waals surface area contributed by atoms with Crippen molar-refractivity contribution in [1.29, 1.82) is 0 Å². The molecule has 2 bridgehead atoms. The highest BCUT2D eigenvalue weighted by Gasteiger charge is 2.72. The second kappa shape index (κ2) is 6.02. The first-order valence-corrected chi connectivity index (χ1v) is 11.6. The summed E-state index contributed by atoms with van der Waals surface area (Å²) < 4.78 is 4.32. The smallest absolute Gasteiger partial charge is 0.235 e. The summed E-state index contributed by atoms with van der Waals surface area (Å²) in [5, 5.41) is 0. The average molecular weight is 517 g/mol. The standard InChI is InChI=1S/C23H19Br2NO3/c24-22-14-7-1-2-8-15(14)23(25,17-10-4-3-9-16(17)22)19-18(22)20(27)26(21(19)28)12-13-6-5-11-29-13/h1-4,7-10,13,18-19H,5-6,11-12H2/t13-,18-,19-,22?,23?/m0/s1. The molecule has 2 heterocycles. The Morgan fingerprint density at radius 1 is 0.862 bits per heavy atom. The van der Waals surface area contributed by atoms with Crippen molar-refractivity contribution in [3.8, 4) is 0 Å². The van der Waals surface area contributed by atoms with Gasteiger partial charge in [-0.2, -0.15) is 0 Å². The fraction of sp³-hybridized carbons (Fsp3) is 0.391. The predicted molar refractivity (Wildman–Crippen MR) is 115 cm³/mol. The monoisotopic (exact) mass is 515 g/mol.